The van der Waals surface area contributed by atoms with Crippen LogP contribution in [-0.4, -0.2) is 27.3 Å². The number of aromatic amines is 1. The highest BCUT2D eigenvalue weighted by molar-refractivity contribution is 6.30. The van der Waals surface area contributed by atoms with Gasteiger partial charge in [0, 0.05) is 10.6 Å². The number of benzene rings is 2. The van der Waals surface area contributed by atoms with Crippen molar-refractivity contribution in [2.75, 3.05) is 0 Å². The molecule has 0 radical (unpaired) electrons. The summed E-state index contributed by atoms with van der Waals surface area (Å²) in [5.74, 6) is -0.927. The molecule has 2 aromatic carbocycles. The van der Waals surface area contributed by atoms with Crippen LogP contribution in [-0.2, 0) is 0 Å². The van der Waals surface area contributed by atoms with Crippen LogP contribution in [0.15, 0.2) is 54.7 Å². The number of carbonyl (C=O) groups excluding carboxylic acids is 1. The zero-order valence-corrected chi connectivity index (χ0v) is 14.7. The number of rotatable bonds is 5. The van der Waals surface area contributed by atoms with Crippen molar-refractivity contribution in [3.63, 3.8) is 0 Å². The molecule has 2 atom stereocenters. The number of amides is 1. The molecule has 1 amide bonds. The van der Waals surface area contributed by atoms with E-state index in [1.54, 1.807) is 49.4 Å². The van der Waals surface area contributed by atoms with Crippen LogP contribution in [0.1, 0.15) is 28.9 Å². The number of aliphatic hydroxyl groups is 1. The minimum atomic E-state index is -0.943. The summed E-state index contributed by atoms with van der Waals surface area (Å²) in [6, 6.07) is 12.3. The van der Waals surface area contributed by atoms with Crippen molar-refractivity contribution in [2.24, 2.45) is 0 Å². The molecule has 0 aliphatic rings. The summed E-state index contributed by atoms with van der Waals surface area (Å²) in [6.45, 7) is 1.67. The standard InChI is InChI=1S/C19H17ClFN3O2/c1-11(18(25)12-5-4-6-13(20)9-12)23-19(26)15-10-22-24-17(15)14-7-2-3-8-16(14)21/h2-11,18,25H,1H3,(H,22,24)(H,23,26). The van der Waals surface area contributed by atoms with E-state index in [2.05, 4.69) is 15.5 Å². The van der Waals surface area contributed by atoms with Gasteiger partial charge in [0.2, 0.25) is 0 Å². The van der Waals surface area contributed by atoms with E-state index in [1.165, 1.54) is 12.3 Å². The maximum absolute atomic E-state index is 14.0. The molecule has 7 heteroatoms. The fraction of sp³-hybridized carbons (Fsp3) is 0.158. The molecule has 0 fully saturated rings. The lowest BCUT2D eigenvalue weighted by Crippen LogP contribution is -2.37. The molecule has 0 bridgehead atoms. The van der Waals surface area contributed by atoms with Gasteiger partial charge in [-0.25, -0.2) is 4.39 Å². The second-order valence-corrected chi connectivity index (χ2v) is 6.34. The minimum absolute atomic E-state index is 0.195. The van der Waals surface area contributed by atoms with Gasteiger partial charge < -0.3 is 10.4 Å². The number of nitrogens with one attached hydrogen (secondary N) is 2. The highest BCUT2D eigenvalue weighted by Gasteiger charge is 2.23. The molecule has 0 saturated heterocycles. The van der Waals surface area contributed by atoms with E-state index in [-0.39, 0.29) is 16.8 Å². The first-order chi connectivity index (χ1) is 12.5. The number of hydrogen-bond donors (Lipinski definition) is 3. The van der Waals surface area contributed by atoms with Gasteiger partial charge in [-0.05, 0) is 36.8 Å². The molecular weight excluding hydrogens is 357 g/mol. The second-order valence-electron chi connectivity index (χ2n) is 5.90. The summed E-state index contributed by atoms with van der Waals surface area (Å²) in [6.07, 6.45) is 0.386. The van der Waals surface area contributed by atoms with Crippen LogP contribution in [0.4, 0.5) is 4.39 Å². The molecule has 1 heterocycles. The zero-order chi connectivity index (χ0) is 18.7. The summed E-state index contributed by atoms with van der Waals surface area (Å²) in [5, 5.41) is 20.2. The largest absolute Gasteiger partial charge is 0.386 e. The SMILES string of the molecule is CC(NC(=O)c1cn[nH]c1-c1ccccc1F)C(O)c1cccc(Cl)c1. The van der Waals surface area contributed by atoms with Gasteiger partial charge in [-0.15, -0.1) is 0 Å². The van der Waals surface area contributed by atoms with Gasteiger partial charge in [0.15, 0.2) is 0 Å². The van der Waals surface area contributed by atoms with Gasteiger partial charge in [0.25, 0.3) is 5.91 Å². The highest BCUT2D eigenvalue weighted by atomic mass is 35.5. The monoisotopic (exact) mass is 373 g/mol. The fourth-order valence-electron chi connectivity index (χ4n) is 2.67. The van der Waals surface area contributed by atoms with Gasteiger partial charge in [0.05, 0.1) is 29.6 Å². The first-order valence-corrected chi connectivity index (χ1v) is 8.38. The Morgan fingerprint density at radius 1 is 1.27 bits per heavy atom. The Morgan fingerprint density at radius 2 is 2.04 bits per heavy atom. The lowest BCUT2D eigenvalue weighted by molar-refractivity contribution is 0.0853. The number of aliphatic hydroxyl groups excluding tert-OH is 1. The van der Waals surface area contributed by atoms with Crippen molar-refractivity contribution < 1.29 is 14.3 Å². The molecule has 3 rings (SSSR count). The third-order valence-corrected chi connectivity index (χ3v) is 4.28. The van der Waals surface area contributed by atoms with E-state index in [0.29, 0.717) is 10.6 Å². The minimum Gasteiger partial charge on any atom is -0.386 e. The topological polar surface area (TPSA) is 78.0 Å². The first kappa shape index (κ1) is 18.1. The average Bonchev–Trinajstić information content (AvgIpc) is 3.11. The molecule has 0 spiro atoms. The predicted octanol–water partition coefficient (Wildman–Crippen LogP) is 3.72. The van der Waals surface area contributed by atoms with Gasteiger partial charge in [-0.3, -0.25) is 9.89 Å². The summed E-state index contributed by atoms with van der Waals surface area (Å²) in [7, 11) is 0. The van der Waals surface area contributed by atoms with Gasteiger partial charge >= 0.3 is 0 Å². The van der Waals surface area contributed by atoms with E-state index in [1.807, 2.05) is 0 Å². The molecule has 134 valence electrons. The molecule has 0 saturated carbocycles. The van der Waals surface area contributed by atoms with Crippen LogP contribution >= 0.6 is 11.6 Å². The van der Waals surface area contributed by atoms with Crippen LogP contribution in [0.3, 0.4) is 0 Å². The smallest absolute Gasteiger partial charge is 0.255 e. The molecule has 3 N–H and O–H groups in total. The Balaban J connectivity index is 1.79. The Labute approximate surface area is 154 Å². The molecule has 1 aromatic heterocycles. The van der Waals surface area contributed by atoms with E-state index in [0.717, 1.165) is 0 Å². The quantitative estimate of drug-likeness (QED) is 0.637. The number of H-pyrrole nitrogens is 1. The van der Waals surface area contributed by atoms with Crippen molar-refractivity contribution in [1.29, 1.82) is 0 Å². The third kappa shape index (κ3) is 3.76. The summed E-state index contributed by atoms with van der Waals surface area (Å²) in [4.78, 5) is 12.6. The number of carbonyl (C=O) groups is 1. The number of nitrogens with zero attached hydrogens (tertiary/aromatic N) is 1. The highest BCUT2D eigenvalue weighted by Crippen LogP contribution is 2.25. The average molecular weight is 374 g/mol. The summed E-state index contributed by atoms with van der Waals surface area (Å²) < 4.78 is 14.0. The maximum atomic E-state index is 14.0. The van der Waals surface area contributed by atoms with Gasteiger partial charge in [-0.2, -0.15) is 5.10 Å². The molecule has 0 aliphatic heterocycles. The Kier molecular flexibility index (Phi) is 5.35. The fourth-order valence-corrected chi connectivity index (χ4v) is 2.87. The molecule has 26 heavy (non-hydrogen) atoms. The second kappa shape index (κ2) is 7.68. The van der Waals surface area contributed by atoms with Gasteiger partial charge in [-0.1, -0.05) is 35.9 Å². The first-order valence-electron chi connectivity index (χ1n) is 8.00. The van der Waals surface area contributed by atoms with Crippen molar-refractivity contribution in [3.8, 4) is 11.3 Å². The van der Waals surface area contributed by atoms with E-state index < -0.39 is 23.9 Å². The van der Waals surface area contributed by atoms with Crippen molar-refractivity contribution in [3.05, 3.63) is 76.7 Å². The Morgan fingerprint density at radius 3 is 2.77 bits per heavy atom. The lowest BCUT2D eigenvalue weighted by Gasteiger charge is -2.21. The summed E-state index contributed by atoms with van der Waals surface area (Å²) >= 11 is 5.94. The van der Waals surface area contributed by atoms with Crippen LogP contribution < -0.4 is 5.32 Å². The van der Waals surface area contributed by atoms with E-state index >= 15 is 0 Å². The van der Waals surface area contributed by atoms with E-state index in [4.69, 9.17) is 11.6 Å². The third-order valence-electron chi connectivity index (χ3n) is 4.05. The zero-order valence-electron chi connectivity index (χ0n) is 13.9. The molecule has 2 unspecified atom stereocenters. The lowest BCUT2D eigenvalue weighted by atomic mass is 10.0. The Hall–Kier alpha value is -2.70. The maximum Gasteiger partial charge on any atom is 0.255 e. The number of aromatic nitrogens is 2. The van der Waals surface area contributed by atoms with Crippen LogP contribution in [0.5, 0.6) is 0 Å². The molecule has 3 aromatic rings. The van der Waals surface area contributed by atoms with Crippen molar-refractivity contribution in [2.45, 2.75) is 19.1 Å². The Bertz CT molecular complexity index is 928. The number of halogens is 2. The molecule has 5 nitrogen and oxygen atoms in total. The summed E-state index contributed by atoms with van der Waals surface area (Å²) in [5.41, 5.74) is 1.32. The normalized spacial score (nSPS) is 13.2. The van der Waals surface area contributed by atoms with Crippen molar-refractivity contribution >= 4 is 17.5 Å². The number of hydrogen-bond acceptors (Lipinski definition) is 3. The van der Waals surface area contributed by atoms with Gasteiger partial charge in [0.1, 0.15) is 5.82 Å². The van der Waals surface area contributed by atoms with E-state index in [9.17, 15) is 14.3 Å². The van der Waals surface area contributed by atoms with Crippen molar-refractivity contribution in [1.82, 2.24) is 15.5 Å². The van der Waals surface area contributed by atoms with Crippen LogP contribution in [0.2, 0.25) is 5.02 Å². The van der Waals surface area contributed by atoms with Crippen LogP contribution in [0, 0.1) is 5.82 Å². The molecular formula is C19H17ClFN3O2. The molecule has 0 aliphatic carbocycles. The van der Waals surface area contributed by atoms with Crippen LogP contribution in [0.25, 0.3) is 11.3 Å². The predicted molar refractivity (Wildman–Crippen MR) is 97.3 cm³/mol.